The second-order valence-electron chi connectivity index (χ2n) is 7.68. The van der Waals surface area contributed by atoms with Gasteiger partial charge in [0.1, 0.15) is 40.6 Å². The number of benzene rings is 1. The number of rotatable bonds is 5. The Kier molecular flexibility index (Phi) is 6.07. The predicted molar refractivity (Wildman–Crippen MR) is 108 cm³/mol. The van der Waals surface area contributed by atoms with E-state index in [0.29, 0.717) is 18.0 Å². The van der Waals surface area contributed by atoms with Crippen LogP contribution in [0.15, 0.2) is 42.6 Å². The molecule has 1 N–H and O–H groups in total. The van der Waals surface area contributed by atoms with Crippen molar-refractivity contribution in [2.45, 2.75) is 18.5 Å². The average Bonchev–Trinajstić information content (AvgIpc) is 3.10. The highest BCUT2D eigenvalue weighted by Crippen LogP contribution is 2.34. The van der Waals surface area contributed by atoms with Crippen LogP contribution in [0.2, 0.25) is 0 Å². The van der Waals surface area contributed by atoms with Crippen molar-refractivity contribution in [3.05, 3.63) is 65.2 Å². The quantitative estimate of drug-likeness (QED) is 0.519. The van der Waals surface area contributed by atoms with Gasteiger partial charge in [-0.05, 0) is 24.3 Å². The van der Waals surface area contributed by atoms with E-state index in [0.717, 1.165) is 18.2 Å². The van der Waals surface area contributed by atoms with Gasteiger partial charge in [-0.25, -0.2) is 9.37 Å². The zero-order valence-corrected chi connectivity index (χ0v) is 17.8. The van der Waals surface area contributed by atoms with Crippen LogP contribution in [0.1, 0.15) is 21.6 Å². The molecule has 0 bridgehead atoms. The second kappa shape index (κ2) is 8.74. The van der Waals surface area contributed by atoms with E-state index in [4.69, 9.17) is 4.74 Å². The minimum atomic E-state index is -4.74. The lowest BCUT2D eigenvalue weighted by atomic mass is 10.1. The number of nitrogens with zero attached hydrogens (tertiary/aromatic N) is 4. The van der Waals surface area contributed by atoms with Crippen LogP contribution in [0.25, 0.3) is 0 Å². The molecule has 1 aliphatic heterocycles. The van der Waals surface area contributed by atoms with Gasteiger partial charge in [-0.15, -0.1) is 0 Å². The van der Waals surface area contributed by atoms with Gasteiger partial charge in [-0.3, -0.25) is 9.48 Å². The number of aryl methyl sites for hydroxylation is 1. The Bertz CT molecular complexity index is 1250. The molecule has 1 fully saturated rings. The summed E-state index contributed by atoms with van der Waals surface area (Å²) in [5.74, 6) is -2.15. The van der Waals surface area contributed by atoms with Crippen LogP contribution in [-0.4, -0.2) is 39.9 Å². The normalized spacial score (nSPS) is 14.6. The number of carbonyl (C=O) groups excluding carboxylic acids is 1. The monoisotopic (exact) mass is 503 g/mol. The summed E-state index contributed by atoms with van der Waals surface area (Å²) < 4.78 is 97.7. The molecule has 1 aliphatic rings. The summed E-state index contributed by atoms with van der Waals surface area (Å²) in [6, 6.07) is 4.95. The Morgan fingerprint density at radius 2 is 1.80 bits per heavy atom. The van der Waals surface area contributed by atoms with Gasteiger partial charge >= 0.3 is 12.4 Å². The molecule has 35 heavy (non-hydrogen) atoms. The molecule has 186 valence electrons. The highest BCUT2D eigenvalue weighted by atomic mass is 19.4. The first-order chi connectivity index (χ1) is 16.3. The molecule has 0 unspecified atom stereocenters. The molecule has 14 heteroatoms. The summed E-state index contributed by atoms with van der Waals surface area (Å²) in [7, 11) is 1.53. The van der Waals surface area contributed by atoms with Gasteiger partial charge in [-0.1, -0.05) is 6.07 Å². The van der Waals surface area contributed by atoms with Gasteiger partial charge in [0, 0.05) is 13.1 Å². The van der Waals surface area contributed by atoms with E-state index in [2.05, 4.69) is 15.4 Å². The molecular formula is C21H16F7N5O2. The number of aromatic nitrogens is 3. The minimum absolute atomic E-state index is 0.0373. The first-order valence-electron chi connectivity index (χ1n) is 9.98. The van der Waals surface area contributed by atoms with Crippen LogP contribution in [-0.2, 0) is 19.4 Å². The third-order valence-electron chi connectivity index (χ3n) is 5.08. The molecular weight excluding hydrogens is 487 g/mol. The molecule has 0 atom stereocenters. The summed E-state index contributed by atoms with van der Waals surface area (Å²) in [5.41, 5.74) is -2.32. The van der Waals surface area contributed by atoms with Crippen LogP contribution >= 0.6 is 0 Å². The zero-order valence-electron chi connectivity index (χ0n) is 17.8. The summed E-state index contributed by atoms with van der Waals surface area (Å²) in [5, 5.41) is 6.29. The highest BCUT2D eigenvalue weighted by Gasteiger charge is 2.36. The van der Waals surface area contributed by atoms with Crippen molar-refractivity contribution in [3.8, 4) is 5.75 Å². The fraction of sp³-hybridized carbons (Fsp3) is 0.286. The summed E-state index contributed by atoms with van der Waals surface area (Å²) >= 11 is 0. The van der Waals surface area contributed by atoms with E-state index < -0.39 is 41.4 Å². The number of carbonyl (C=O) groups is 1. The Morgan fingerprint density at radius 1 is 1.09 bits per heavy atom. The van der Waals surface area contributed by atoms with Crippen molar-refractivity contribution < 1.29 is 40.3 Å². The van der Waals surface area contributed by atoms with Crippen molar-refractivity contribution in [1.29, 1.82) is 0 Å². The molecule has 0 aliphatic carbocycles. The average molecular weight is 503 g/mol. The van der Waals surface area contributed by atoms with Crippen LogP contribution in [0.3, 0.4) is 0 Å². The Labute approximate surface area is 193 Å². The molecule has 0 spiro atoms. The van der Waals surface area contributed by atoms with Crippen LogP contribution in [0.4, 0.5) is 42.4 Å². The number of amides is 1. The molecule has 3 aromatic rings. The predicted octanol–water partition coefficient (Wildman–Crippen LogP) is 4.51. The van der Waals surface area contributed by atoms with Crippen molar-refractivity contribution in [1.82, 2.24) is 14.8 Å². The molecule has 3 heterocycles. The molecule has 0 radical (unpaired) electrons. The maximum Gasteiger partial charge on any atom is 0.433 e. The fourth-order valence-electron chi connectivity index (χ4n) is 3.48. The molecule has 1 aromatic carbocycles. The van der Waals surface area contributed by atoms with E-state index in [1.165, 1.54) is 24.0 Å². The second-order valence-corrected chi connectivity index (χ2v) is 7.68. The highest BCUT2D eigenvalue weighted by molar-refractivity contribution is 6.07. The molecule has 4 rings (SSSR count). The summed E-state index contributed by atoms with van der Waals surface area (Å²) in [6.07, 6.45) is -8.81. The number of halogens is 7. The van der Waals surface area contributed by atoms with Crippen LogP contribution in [0, 0.1) is 5.82 Å². The zero-order chi connectivity index (χ0) is 25.5. The van der Waals surface area contributed by atoms with Crippen molar-refractivity contribution in [3.63, 3.8) is 0 Å². The summed E-state index contributed by atoms with van der Waals surface area (Å²) in [6.45, 7) is 0.277. The maximum atomic E-state index is 13.6. The number of hydrogen-bond acceptors (Lipinski definition) is 5. The maximum absolute atomic E-state index is 13.6. The number of ether oxygens (including phenoxy) is 1. The van der Waals surface area contributed by atoms with Gasteiger partial charge in [0.05, 0.1) is 24.8 Å². The first kappa shape index (κ1) is 24.3. The molecule has 2 aromatic heterocycles. The van der Waals surface area contributed by atoms with E-state index in [1.807, 2.05) is 0 Å². The van der Waals surface area contributed by atoms with E-state index >= 15 is 0 Å². The fourth-order valence-corrected chi connectivity index (χ4v) is 3.48. The SMILES string of the molecule is Cn1ncc(C(=O)Nc2cccc(C(F)(F)F)n2)c1N1CC(Oc2cc(F)cc(C(F)(F)F)c2)C1. The van der Waals surface area contributed by atoms with Crippen LogP contribution < -0.4 is 15.0 Å². The minimum Gasteiger partial charge on any atom is -0.487 e. The number of pyridine rings is 1. The lowest BCUT2D eigenvalue weighted by Gasteiger charge is -2.40. The molecule has 0 saturated carbocycles. The lowest BCUT2D eigenvalue weighted by molar-refractivity contribution is -0.141. The van der Waals surface area contributed by atoms with Gasteiger partial charge in [0.25, 0.3) is 5.91 Å². The topological polar surface area (TPSA) is 72.3 Å². The molecule has 7 nitrogen and oxygen atoms in total. The number of anilines is 2. The van der Waals surface area contributed by atoms with E-state index in [9.17, 15) is 35.5 Å². The number of hydrogen-bond donors (Lipinski definition) is 1. The van der Waals surface area contributed by atoms with Gasteiger partial charge < -0.3 is 15.0 Å². The Balaban J connectivity index is 1.44. The van der Waals surface area contributed by atoms with Crippen molar-refractivity contribution in [2.24, 2.45) is 7.05 Å². The Hall–Kier alpha value is -3.84. The lowest BCUT2D eigenvalue weighted by Crippen LogP contribution is -2.55. The Morgan fingerprint density at radius 3 is 2.46 bits per heavy atom. The van der Waals surface area contributed by atoms with Crippen molar-refractivity contribution in [2.75, 3.05) is 23.3 Å². The van der Waals surface area contributed by atoms with Crippen molar-refractivity contribution >= 4 is 17.5 Å². The third-order valence-corrected chi connectivity index (χ3v) is 5.08. The smallest absolute Gasteiger partial charge is 0.433 e. The molecule has 1 saturated heterocycles. The third kappa shape index (κ3) is 5.30. The number of alkyl halides is 6. The standard InChI is InChI=1S/C21H16F7N5O2/c1-32-19(15(8-29-32)18(34)31-17-4-2-3-16(30-17)21(26,27)28)33-9-14(10-33)35-13-6-11(20(23,24)25)5-12(22)7-13/h2-8,14H,9-10H2,1H3,(H,30,31,34). The van der Waals surface area contributed by atoms with Gasteiger partial charge in [0.15, 0.2) is 0 Å². The van der Waals surface area contributed by atoms with E-state index in [1.54, 1.807) is 4.90 Å². The number of nitrogens with one attached hydrogen (secondary N) is 1. The van der Waals surface area contributed by atoms with E-state index in [-0.39, 0.29) is 30.2 Å². The largest absolute Gasteiger partial charge is 0.487 e. The van der Waals surface area contributed by atoms with Gasteiger partial charge in [0.2, 0.25) is 0 Å². The van der Waals surface area contributed by atoms with Gasteiger partial charge in [-0.2, -0.15) is 31.4 Å². The van der Waals surface area contributed by atoms with Crippen LogP contribution in [0.5, 0.6) is 5.75 Å². The first-order valence-corrected chi connectivity index (χ1v) is 9.98. The molecule has 1 amide bonds. The summed E-state index contributed by atoms with van der Waals surface area (Å²) in [4.78, 5) is 17.7.